The minimum Gasteiger partial charge on any atom is -0.399 e. The summed E-state index contributed by atoms with van der Waals surface area (Å²) in [6, 6.07) is 1.93. The lowest BCUT2D eigenvalue weighted by molar-refractivity contribution is 0.535. The van der Waals surface area contributed by atoms with Crippen LogP contribution in [0.2, 0.25) is 0 Å². The van der Waals surface area contributed by atoms with Crippen molar-refractivity contribution in [3.8, 4) is 0 Å². The zero-order valence-electron chi connectivity index (χ0n) is 7.01. The second-order valence-corrected chi connectivity index (χ2v) is 4.12. The van der Waals surface area contributed by atoms with E-state index in [1.807, 2.05) is 0 Å². The molecular formula is C8H9F2NOS. The van der Waals surface area contributed by atoms with Gasteiger partial charge in [0.05, 0.1) is 10.8 Å². The molecule has 0 aromatic heterocycles. The van der Waals surface area contributed by atoms with Crippen molar-refractivity contribution in [3.05, 3.63) is 23.8 Å². The predicted octanol–water partition coefficient (Wildman–Crippen LogP) is 1.67. The second kappa shape index (κ2) is 3.83. The molecule has 1 rings (SSSR count). The van der Waals surface area contributed by atoms with Crippen molar-refractivity contribution in [2.24, 2.45) is 0 Å². The molecule has 0 aliphatic rings. The van der Waals surface area contributed by atoms with Crippen LogP contribution in [0.3, 0.4) is 0 Å². The van der Waals surface area contributed by atoms with Crippen LogP contribution in [-0.4, -0.2) is 9.96 Å². The normalized spacial score (nSPS) is 12.8. The lowest BCUT2D eigenvalue weighted by Crippen LogP contribution is -2.03. The van der Waals surface area contributed by atoms with Gasteiger partial charge < -0.3 is 5.73 Å². The average molecular weight is 205 g/mol. The molecule has 0 radical (unpaired) electrons. The highest BCUT2D eigenvalue weighted by atomic mass is 32.2. The standard InChI is InChI=1S/C8H9F2NOS/c1-2-13(12)8-6(9)3-5(11)4-7(8)10/h3-4H,2,11H2,1H3. The van der Waals surface area contributed by atoms with E-state index in [9.17, 15) is 13.0 Å². The molecule has 0 bridgehead atoms. The Kier molecular flexibility index (Phi) is 2.98. The molecule has 0 saturated heterocycles. The van der Waals surface area contributed by atoms with Crippen LogP contribution in [0.15, 0.2) is 17.0 Å². The number of nitrogen functional groups attached to an aromatic ring is 1. The van der Waals surface area contributed by atoms with Crippen molar-refractivity contribution < 1.29 is 13.0 Å². The van der Waals surface area contributed by atoms with Gasteiger partial charge in [-0.2, -0.15) is 0 Å². The lowest BCUT2D eigenvalue weighted by atomic mass is 10.3. The number of anilines is 1. The molecule has 13 heavy (non-hydrogen) atoms. The third kappa shape index (κ3) is 2.03. The van der Waals surface area contributed by atoms with Gasteiger partial charge >= 0.3 is 0 Å². The van der Waals surface area contributed by atoms with E-state index in [2.05, 4.69) is 0 Å². The van der Waals surface area contributed by atoms with Crippen LogP contribution in [0.4, 0.5) is 14.5 Å². The van der Waals surface area contributed by atoms with Crippen molar-refractivity contribution in [2.75, 3.05) is 11.5 Å². The summed E-state index contributed by atoms with van der Waals surface area (Å²) in [6.45, 7) is 1.59. The molecule has 0 aliphatic heterocycles. The van der Waals surface area contributed by atoms with Gasteiger partial charge in [-0.25, -0.2) is 8.78 Å². The molecule has 2 N–H and O–H groups in total. The minimum absolute atomic E-state index is 0.00754. The van der Waals surface area contributed by atoms with Gasteiger partial charge in [-0.3, -0.25) is 4.21 Å². The van der Waals surface area contributed by atoms with Crippen LogP contribution in [0, 0.1) is 11.6 Å². The van der Waals surface area contributed by atoms with Gasteiger partial charge in [-0.1, -0.05) is 6.92 Å². The van der Waals surface area contributed by atoms with Crippen molar-refractivity contribution >= 4 is 16.5 Å². The molecule has 1 aromatic carbocycles. The molecule has 2 nitrogen and oxygen atoms in total. The molecule has 0 heterocycles. The number of hydrogen-bond acceptors (Lipinski definition) is 2. The van der Waals surface area contributed by atoms with Crippen molar-refractivity contribution in [2.45, 2.75) is 11.8 Å². The molecule has 1 unspecified atom stereocenters. The third-order valence-corrected chi connectivity index (χ3v) is 2.88. The zero-order valence-corrected chi connectivity index (χ0v) is 7.83. The Morgan fingerprint density at radius 3 is 2.23 bits per heavy atom. The van der Waals surface area contributed by atoms with Gasteiger partial charge in [-0.15, -0.1) is 0 Å². The Bertz CT molecular complexity index is 331. The van der Waals surface area contributed by atoms with Crippen molar-refractivity contribution in [1.82, 2.24) is 0 Å². The van der Waals surface area contributed by atoms with E-state index < -0.39 is 27.3 Å². The maximum Gasteiger partial charge on any atom is 0.144 e. The largest absolute Gasteiger partial charge is 0.399 e. The van der Waals surface area contributed by atoms with E-state index in [1.54, 1.807) is 6.92 Å². The summed E-state index contributed by atoms with van der Waals surface area (Å²) in [4.78, 5) is -0.392. The summed E-state index contributed by atoms with van der Waals surface area (Å²) in [5, 5.41) is 0. The van der Waals surface area contributed by atoms with E-state index in [4.69, 9.17) is 5.73 Å². The van der Waals surface area contributed by atoms with Crippen molar-refractivity contribution in [3.63, 3.8) is 0 Å². The van der Waals surface area contributed by atoms with Crippen LogP contribution in [0.1, 0.15) is 6.92 Å². The zero-order chi connectivity index (χ0) is 10.0. The predicted molar refractivity (Wildman–Crippen MR) is 47.7 cm³/mol. The summed E-state index contributed by atoms with van der Waals surface area (Å²) in [5.41, 5.74) is 5.18. The second-order valence-electron chi connectivity index (χ2n) is 2.45. The van der Waals surface area contributed by atoms with E-state index >= 15 is 0 Å². The van der Waals surface area contributed by atoms with Gasteiger partial charge in [0, 0.05) is 11.4 Å². The fourth-order valence-corrected chi connectivity index (χ4v) is 1.78. The molecule has 0 fully saturated rings. The van der Waals surface area contributed by atoms with Gasteiger partial charge in [0.25, 0.3) is 0 Å². The highest BCUT2D eigenvalue weighted by Gasteiger charge is 2.15. The van der Waals surface area contributed by atoms with Gasteiger partial charge in [0.1, 0.15) is 16.5 Å². The summed E-state index contributed by atoms with van der Waals surface area (Å²) in [5.74, 6) is -1.52. The highest BCUT2D eigenvalue weighted by molar-refractivity contribution is 7.85. The first-order valence-corrected chi connectivity index (χ1v) is 5.01. The molecule has 0 aliphatic carbocycles. The maximum atomic E-state index is 13.0. The van der Waals surface area contributed by atoms with E-state index in [0.717, 1.165) is 12.1 Å². The Labute approximate surface area is 77.2 Å². The summed E-state index contributed by atoms with van der Waals surface area (Å²) < 4.78 is 37.2. The Morgan fingerprint density at radius 2 is 1.85 bits per heavy atom. The van der Waals surface area contributed by atoms with Crippen LogP contribution in [0.5, 0.6) is 0 Å². The number of nitrogens with two attached hydrogens (primary N) is 1. The van der Waals surface area contributed by atoms with Crippen LogP contribution < -0.4 is 5.73 Å². The highest BCUT2D eigenvalue weighted by Crippen LogP contribution is 2.20. The fraction of sp³-hybridized carbons (Fsp3) is 0.250. The molecule has 1 aromatic rings. The fourth-order valence-electron chi connectivity index (χ4n) is 0.941. The first kappa shape index (κ1) is 10.1. The maximum absolute atomic E-state index is 13.0. The number of hydrogen-bond donors (Lipinski definition) is 1. The van der Waals surface area contributed by atoms with Gasteiger partial charge in [0.2, 0.25) is 0 Å². The molecule has 0 amide bonds. The minimum atomic E-state index is -1.63. The molecule has 0 spiro atoms. The smallest absolute Gasteiger partial charge is 0.144 e. The Morgan fingerprint density at radius 1 is 1.38 bits per heavy atom. The van der Waals surface area contributed by atoms with E-state index in [0.29, 0.717) is 0 Å². The van der Waals surface area contributed by atoms with Crippen LogP contribution >= 0.6 is 0 Å². The number of benzene rings is 1. The molecule has 5 heteroatoms. The van der Waals surface area contributed by atoms with Crippen LogP contribution in [-0.2, 0) is 10.8 Å². The van der Waals surface area contributed by atoms with Crippen LogP contribution in [0.25, 0.3) is 0 Å². The molecule has 72 valence electrons. The SMILES string of the molecule is CCS(=O)c1c(F)cc(N)cc1F. The first-order valence-electron chi connectivity index (χ1n) is 3.69. The van der Waals surface area contributed by atoms with Gasteiger partial charge in [0.15, 0.2) is 0 Å². The topological polar surface area (TPSA) is 43.1 Å². The number of halogens is 2. The Hall–Kier alpha value is -0.970. The first-order chi connectivity index (χ1) is 6.06. The van der Waals surface area contributed by atoms with E-state index in [-0.39, 0.29) is 11.4 Å². The monoisotopic (exact) mass is 205 g/mol. The molecule has 1 atom stereocenters. The summed E-state index contributed by atoms with van der Waals surface area (Å²) in [6.07, 6.45) is 0. The molecular weight excluding hydrogens is 196 g/mol. The third-order valence-electron chi connectivity index (χ3n) is 1.51. The lowest BCUT2D eigenvalue weighted by Gasteiger charge is -2.03. The number of rotatable bonds is 2. The summed E-state index contributed by atoms with van der Waals surface area (Å²) in [7, 11) is -1.63. The van der Waals surface area contributed by atoms with E-state index in [1.165, 1.54) is 0 Å². The van der Waals surface area contributed by atoms with Crippen molar-refractivity contribution in [1.29, 1.82) is 0 Å². The molecule has 0 saturated carbocycles. The quantitative estimate of drug-likeness (QED) is 0.746. The van der Waals surface area contributed by atoms with Gasteiger partial charge in [-0.05, 0) is 12.1 Å². The Balaban J connectivity index is 3.28. The summed E-state index contributed by atoms with van der Waals surface area (Å²) >= 11 is 0. The average Bonchev–Trinajstić information content (AvgIpc) is 2.02.